The molecular weight excluding hydrogens is 212 g/mol. The molecule has 2 nitrogen and oxygen atoms in total. The van der Waals surface area contributed by atoms with Crippen LogP contribution in [-0.2, 0) is 0 Å². The Morgan fingerprint density at radius 3 is 2.53 bits per heavy atom. The van der Waals surface area contributed by atoms with Crippen molar-refractivity contribution in [3.05, 3.63) is 12.2 Å². The lowest BCUT2D eigenvalue weighted by Gasteiger charge is -2.55. The molecule has 0 amide bonds. The van der Waals surface area contributed by atoms with Crippen molar-refractivity contribution in [3.8, 4) is 0 Å². The van der Waals surface area contributed by atoms with Gasteiger partial charge in [0, 0.05) is 6.42 Å². The first-order valence-electron chi connectivity index (χ1n) is 6.80. The second-order valence-corrected chi connectivity index (χ2v) is 6.94. The molecule has 5 unspecified atom stereocenters. The highest BCUT2D eigenvalue weighted by Gasteiger charge is 2.53. The van der Waals surface area contributed by atoms with Crippen molar-refractivity contribution in [3.63, 3.8) is 0 Å². The molecule has 2 saturated carbocycles. The molecule has 2 heteroatoms. The fraction of sp³-hybridized carbons (Fsp3) is 0.867. The summed E-state index contributed by atoms with van der Waals surface area (Å²) in [5.74, 6) is 0.851. The molecule has 0 aliphatic heterocycles. The Balaban J connectivity index is 2.24. The quantitative estimate of drug-likeness (QED) is 0.690. The molecule has 5 atom stereocenters. The summed E-state index contributed by atoms with van der Waals surface area (Å²) in [6, 6.07) is 0. The van der Waals surface area contributed by atoms with Crippen molar-refractivity contribution in [2.45, 2.75) is 64.6 Å². The van der Waals surface area contributed by atoms with Crippen LogP contribution in [0.4, 0.5) is 0 Å². The van der Waals surface area contributed by atoms with E-state index in [1.165, 1.54) is 5.57 Å². The van der Waals surface area contributed by atoms with Crippen LogP contribution in [-0.4, -0.2) is 21.9 Å². The minimum absolute atomic E-state index is 0.104. The Labute approximate surface area is 105 Å². The molecule has 0 heterocycles. The zero-order valence-electron chi connectivity index (χ0n) is 11.4. The molecule has 98 valence electrons. The van der Waals surface area contributed by atoms with Crippen LogP contribution in [0.1, 0.15) is 52.9 Å². The number of rotatable bonds is 1. The minimum atomic E-state index is -0.722. The van der Waals surface area contributed by atoms with E-state index >= 15 is 0 Å². The van der Waals surface area contributed by atoms with Gasteiger partial charge in [0.25, 0.3) is 0 Å². The zero-order valence-corrected chi connectivity index (χ0v) is 11.4. The van der Waals surface area contributed by atoms with Gasteiger partial charge >= 0.3 is 0 Å². The fourth-order valence-electron chi connectivity index (χ4n) is 4.29. The zero-order chi connectivity index (χ0) is 12.8. The molecule has 17 heavy (non-hydrogen) atoms. The first-order valence-corrected chi connectivity index (χ1v) is 6.80. The maximum Gasteiger partial charge on any atom is 0.0677 e. The number of hydrogen-bond donors (Lipinski definition) is 2. The molecule has 2 rings (SSSR count). The summed E-state index contributed by atoms with van der Waals surface area (Å²) in [4.78, 5) is 0. The average molecular weight is 238 g/mol. The summed E-state index contributed by atoms with van der Waals surface area (Å²) in [6.45, 7) is 10.3. The van der Waals surface area contributed by atoms with E-state index in [1.807, 2.05) is 6.92 Å². The lowest BCUT2D eigenvalue weighted by molar-refractivity contribution is -0.155. The van der Waals surface area contributed by atoms with Crippen LogP contribution < -0.4 is 0 Å². The third-order valence-corrected chi connectivity index (χ3v) is 5.22. The van der Waals surface area contributed by atoms with Crippen molar-refractivity contribution < 1.29 is 10.2 Å². The van der Waals surface area contributed by atoms with E-state index in [4.69, 9.17) is 0 Å². The molecule has 0 saturated heterocycles. The number of aliphatic hydroxyl groups excluding tert-OH is 1. The Morgan fingerprint density at radius 1 is 1.29 bits per heavy atom. The van der Waals surface area contributed by atoms with Crippen LogP contribution >= 0.6 is 0 Å². The van der Waals surface area contributed by atoms with E-state index < -0.39 is 5.60 Å². The third-order valence-electron chi connectivity index (χ3n) is 5.22. The molecule has 0 bridgehead atoms. The molecule has 2 fully saturated rings. The molecule has 2 N–H and O–H groups in total. The maximum absolute atomic E-state index is 10.6. The number of allylic oxidation sites excluding steroid dienone is 1. The standard InChI is InChI=1S/C15H26O2/c1-10(2)11-5-6-14(3)8-12(16)9-15(4,17)13(14)7-11/h11-13,16-17H,1,5-9H2,2-4H3. The van der Waals surface area contributed by atoms with E-state index in [0.29, 0.717) is 18.3 Å². The maximum atomic E-state index is 10.6. The number of aliphatic hydroxyl groups is 2. The summed E-state index contributed by atoms with van der Waals surface area (Å²) in [5.41, 5.74) is 0.627. The predicted octanol–water partition coefficient (Wildman–Crippen LogP) is 2.89. The summed E-state index contributed by atoms with van der Waals surface area (Å²) >= 11 is 0. The topological polar surface area (TPSA) is 40.5 Å². The van der Waals surface area contributed by atoms with Gasteiger partial charge in [-0.05, 0) is 56.8 Å². The summed E-state index contributed by atoms with van der Waals surface area (Å²) in [6.07, 6.45) is 4.32. The second kappa shape index (κ2) is 4.10. The predicted molar refractivity (Wildman–Crippen MR) is 69.6 cm³/mol. The Hall–Kier alpha value is -0.340. The molecule has 0 aromatic rings. The molecular formula is C15H26O2. The molecule has 2 aliphatic rings. The monoisotopic (exact) mass is 238 g/mol. The van der Waals surface area contributed by atoms with Crippen molar-refractivity contribution in [2.24, 2.45) is 17.3 Å². The summed E-state index contributed by atoms with van der Waals surface area (Å²) in [7, 11) is 0. The van der Waals surface area contributed by atoms with Gasteiger partial charge in [-0.1, -0.05) is 19.1 Å². The largest absolute Gasteiger partial charge is 0.393 e. The van der Waals surface area contributed by atoms with E-state index in [0.717, 1.165) is 25.7 Å². The van der Waals surface area contributed by atoms with Gasteiger partial charge in [0.05, 0.1) is 11.7 Å². The van der Waals surface area contributed by atoms with Crippen LogP contribution in [0.2, 0.25) is 0 Å². The van der Waals surface area contributed by atoms with Crippen molar-refractivity contribution in [1.82, 2.24) is 0 Å². The van der Waals surface area contributed by atoms with Crippen LogP contribution in [0.5, 0.6) is 0 Å². The molecule has 2 aliphatic carbocycles. The van der Waals surface area contributed by atoms with Crippen molar-refractivity contribution >= 4 is 0 Å². The smallest absolute Gasteiger partial charge is 0.0677 e. The highest BCUT2D eigenvalue weighted by molar-refractivity contribution is 5.08. The van der Waals surface area contributed by atoms with E-state index in [-0.39, 0.29) is 11.5 Å². The van der Waals surface area contributed by atoms with Crippen LogP contribution in [0.25, 0.3) is 0 Å². The molecule has 0 aromatic heterocycles. The lowest BCUT2D eigenvalue weighted by atomic mass is 9.52. The average Bonchev–Trinajstić information content (AvgIpc) is 2.13. The molecule has 0 spiro atoms. The lowest BCUT2D eigenvalue weighted by Crippen LogP contribution is -2.55. The van der Waals surface area contributed by atoms with Crippen molar-refractivity contribution in [1.29, 1.82) is 0 Å². The molecule has 0 radical (unpaired) electrons. The van der Waals surface area contributed by atoms with Gasteiger partial charge in [-0.15, -0.1) is 0 Å². The normalized spacial score (nSPS) is 50.8. The van der Waals surface area contributed by atoms with Gasteiger partial charge in [0.1, 0.15) is 0 Å². The summed E-state index contributed by atoms with van der Waals surface area (Å²) in [5, 5.41) is 20.6. The van der Waals surface area contributed by atoms with Gasteiger partial charge in [-0.2, -0.15) is 0 Å². The van der Waals surface area contributed by atoms with E-state index in [2.05, 4.69) is 20.4 Å². The third kappa shape index (κ3) is 2.30. The van der Waals surface area contributed by atoms with Gasteiger partial charge in [-0.25, -0.2) is 0 Å². The Kier molecular flexibility index (Phi) is 3.16. The Morgan fingerprint density at radius 2 is 1.94 bits per heavy atom. The van der Waals surface area contributed by atoms with Gasteiger partial charge in [0.2, 0.25) is 0 Å². The number of fused-ring (bicyclic) bond motifs is 1. The Bertz CT molecular complexity index is 321. The fourth-order valence-corrected chi connectivity index (χ4v) is 4.29. The minimum Gasteiger partial charge on any atom is -0.393 e. The first-order chi connectivity index (χ1) is 7.74. The second-order valence-electron chi connectivity index (χ2n) is 6.94. The molecule has 0 aromatic carbocycles. The SMILES string of the molecule is C=C(C)C1CCC2(C)CC(O)CC(C)(O)C2C1. The van der Waals surface area contributed by atoms with Gasteiger partial charge in [-0.3, -0.25) is 0 Å². The van der Waals surface area contributed by atoms with E-state index in [9.17, 15) is 10.2 Å². The highest BCUT2D eigenvalue weighted by atomic mass is 16.3. The van der Waals surface area contributed by atoms with E-state index in [1.54, 1.807) is 0 Å². The van der Waals surface area contributed by atoms with Gasteiger partial charge < -0.3 is 10.2 Å². The van der Waals surface area contributed by atoms with Gasteiger partial charge in [0.15, 0.2) is 0 Å². The first kappa shape index (κ1) is 13.1. The van der Waals surface area contributed by atoms with Crippen LogP contribution in [0.15, 0.2) is 12.2 Å². The van der Waals surface area contributed by atoms with Crippen molar-refractivity contribution in [2.75, 3.05) is 0 Å². The van der Waals surface area contributed by atoms with Crippen LogP contribution in [0.3, 0.4) is 0 Å². The number of hydrogen-bond acceptors (Lipinski definition) is 2. The van der Waals surface area contributed by atoms with Crippen LogP contribution in [0, 0.1) is 17.3 Å². The summed E-state index contributed by atoms with van der Waals surface area (Å²) < 4.78 is 0. The highest BCUT2D eigenvalue weighted by Crippen LogP contribution is 2.56.